The predicted molar refractivity (Wildman–Crippen MR) is 165 cm³/mol. The van der Waals surface area contributed by atoms with Gasteiger partial charge in [0.05, 0.1) is 17.1 Å². The van der Waals surface area contributed by atoms with Crippen LogP contribution in [0, 0.1) is 6.92 Å². The first-order valence-electron chi connectivity index (χ1n) is 14.4. The van der Waals surface area contributed by atoms with Gasteiger partial charge >= 0.3 is 6.09 Å². The van der Waals surface area contributed by atoms with Crippen LogP contribution in [0.25, 0.3) is 0 Å². The summed E-state index contributed by atoms with van der Waals surface area (Å²) in [5.41, 5.74) is 1.23. The number of amides is 2. The van der Waals surface area contributed by atoms with E-state index in [0.29, 0.717) is 60.8 Å². The second kappa shape index (κ2) is 14.4. The second-order valence-electron chi connectivity index (χ2n) is 10.1. The number of aliphatic hydroxyl groups is 2. The average Bonchev–Trinajstić information content (AvgIpc) is 3.68. The molecule has 0 bridgehead atoms. The monoisotopic (exact) mass is 596 g/mol. The molecule has 3 N–H and O–H groups in total. The number of aryl methyl sites for hydroxylation is 1. The number of aliphatic hydroxyl groups excluding tert-OH is 1. The molecule has 4 rings (SSSR count). The van der Waals surface area contributed by atoms with Crippen molar-refractivity contribution in [2.45, 2.75) is 59.3 Å². The lowest BCUT2D eigenvalue weighted by atomic mass is 10.1. The van der Waals surface area contributed by atoms with E-state index in [1.165, 1.54) is 11.3 Å². The molecule has 42 heavy (non-hydrogen) atoms. The van der Waals surface area contributed by atoms with Gasteiger partial charge in [-0.05, 0) is 76.8 Å². The number of likely N-dealkylation sites (tertiary alicyclic amines) is 1. The number of anilines is 3. The summed E-state index contributed by atoms with van der Waals surface area (Å²) in [4.78, 5) is 42.0. The molecule has 1 aliphatic rings. The number of hydrogen-bond donors (Lipinski definition) is 3. The molecule has 0 radical (unpaired) electrons. The summed E-state index contributed by atoms with van der Waals surface area (Å²) in [6.07, 6.45) is 1.70. The first-order valence-corrected chi connectivity index (χ1v) is 15.2. The maximum absolute atomic E-state index is 13.5. The number of carbonyl (C=O) groups is 2. The van der Waals surface area contributed by atoms with E-state index in [1.807, 2.05) is 38.7 Å². The molecule has 0 spiro atoms. The number of nitrogens with one attached hydrogen (secondary N) is 1. The van der Waals surface area contributed by atoms with E-state index in [2.05, 4.69) is 10.3 Å². The molecule has 1 atom stereocenters. The van der Waals surface area contributed by atoms with Crippen LogP contribution in [0.5, 0.6) is 5.75 Å². The van der Waals surface area contributed by atoms with E-state index in [0.717, 1.165) is 23.3 Å². The lowest BCUT2D eigenvalue weighted by molar-refractivity contribution is -0.0529. The highest BCUT2D eigenvalue weighted by Gasteiger charge is 2.26. The SMILES string of the molecule is CCN(CC)c1ncc(N(CC)C(=O)c2ccc(C)s2)c(N[C@@H](Cc2ccc(OC(=O)N3CCCC3)cc2)C(O)O)n1. The van der Waals surface area contributed by atoms with Crippen LogP contribution >= 0.6 is 11.3 Å². The summed E-state index contributed by atoms with van der Waals surface area (Å²) in [5.74, 6) is 1.03. The van der Waals surface area contributed by atoms with Crippen molar-refractivity contribution in [3.05, 3.63) is 57.9 Å². The zero-order chi connectivity index (χ0) is 30.2. The normalized spacial score (nSPS) is 13.7. The fourth-order valence-electron chi connectivity index (χ4n) is 4.85. The maximum Gasteiger partial charge on any atom is 0.415 e. The third-order valence-electron chi connectivity index (χ3n) is 7.24. The van der Waals surface area contributed by atoms with Crippen molar-refractivity contribution in [1.29, 1.82) is 0 Å². The quantitative estimate of drug-likeness (QED) is 0.262. The molecule has 0 aliphatic carbocycles. The highest BCUT2D eigenvalue weighted by Crippen LogP contribution is 2.30. The minimum absolute atomic E-state index is 0.182. The second-order valence-corrected chi connectivity index (χ2v) is 11.4. The van der Waals surface area contributed by atoms with E-state index < -0.39 is 12.3 Å². The van der Waals surface area contributed by atoms with Gasteiger partial charge in [0.1, 0.15) is 11.4 Å². The van der Waals surface area contributed by atoms with Gasteiger partial charge in [-0.1, -0.05) is 12.1 Å². The number of thiophene rings is 1. The van der Waals surface area contributed by atoms with Crippen molar-refractivity contribution in [3.63, 3.8) is 0 Å². The van der Waals surface area contributed by atoms with Gasteiger partial charge in [-0.3, -0.25) is 4.79 Å². The fraction of sp³-hybridized carbons (Fsp3) is 0.467. The summed E-state index contributed by atoms with van der Waals surface area (Å²) in [6, 6.07) is 9.80. The number of hydrogen-bond acceptors (Lipinski definition) is 10. The minimum Gasteiger partial charge on any atom is -0.410 e. The van der Waals surface area contributed by atoms with Crippen molar-refractivity contribution < 1.29 is 24.5 Å². The molecule has 1 aromatic carbocycles. The molecule has 12 heteroatoms. The highest BCUT2D eigenvalue weighted by molar-refractivity contribution is 7.14. The Kier molecular flexibility index (Phi) is 10.7. The van der Waals surface area contributed by atoms with Crippen LogP contribution in [0.3, 0.4) is 0 Å². The predicted octanol–water partition coefficient (Wildman–Crippen LogP) is 4.29. The van der Waals surface area contributed by atoms with Gasteiger partial charge in [0.15, 0.2) is 12.1 Å². The van der Waals surface area contributed by atoms with Crippen LogP contribution in [0.4, 0.5) is 22.2 Å². The molecule has 0 unspecified atom stereocenters. The van der Waals surface area contributed by atoms with Gasteiger partial charge in [-0.2, -0.15) is 4.98 Å². The first kappa shape index (κ1) is 31.2. The molecule has 226 valence electrons. The Morgan fingerprint density at radius 1 is 1.05 bits per heavy atom. The Labute approximate surface area is 250 Å². The first-order chi connectivity index (χ1) is 20.2. The summed E-state index contributed by atoms with van der Waals surface area (Å²) in [7, 11) is 0. The van der Waals surface area contributed by atoms with Crippen molar-refractivity contribution >= 4 is 40.8 Å². The van der Waals surface area contributed by atoms with Crippen LogP contribution in [-0.2, 0) is 6.42 Å². The van der Waals surface area contributed by atoms with Crippen LogP contribution in [-0.4, -0.2) is 82.1 Å². The molecule has 1 saturated heterocycles. The highest BCUT2D eigenvalue weighted by atomic mass is 32.1. The van der Waals surface area contributed by atoms with E-state index in [9.17, 15) is 19.8 Å². The lowest BCUT2D eigenvalue weighted by Gasteiger charge is -2.28. The van der Waals surface area contributed by atoms with Crippen molar-refractivity contribution in [2.75, 3.05) is 47.8 Å². The van der Waals surface area contributed by atoms with Gasteiger partial charge < -0.3 is 35.0 Å². The van der Waals surface area contributed by atoms with Gasteiger partial charge in [-0.15, -0.1) is 11.3 Å². The molecule has 2 amide bonds. The third kappa shape index (κ3) is 7.55. The van der Waals surface area contributed by atoms with Gasteiger partial charge in [0.2, 0.25) is 5.95 Å². The zero-order valence-corrected chi connectivity index (χ0v) is 25.4. The molecule has 1 fully saturated rings. The number of benzene rings is 1. The van der Waals surface area contributed by atoms with Gasteiger partial charge in [-0.25, -0.2) is 9.78 Å². The van der Waals surface area contributed by atoms with Gasteiger partial charge in [0, 0.05) is 37.6 Å². The third-order valence-corrected chi connectivity index (χ3v) is 8.23. The molecule has 11 nitrogen and oxygen atoms in total. The Morgan fingerprint density at radius 2 is 1.74 bits per heavy atom. The standard InChI is InChI=1S/C30H40N6O5S/c1-5-34(6-2)29-31-19-24(36(7-3)27(37)25-15-10-20(4)42-25)26(33-29)32-23(28(38)39)18-21-11-13-22(14-12-21)41-30(40)35-16-8-9-17-35/h10-15,19,23,28,38-39H,5-9,16-18H2,1-4H3,(H,31,32,33)/t23-/m0/s1. The Morgan fingerprint density at radius 3 is 2.31 bits per heavy atom. The van der Waals surface area contributed by atoms with Crippen molar-refractivity contribution in [2.24, 2.45) is 0 Å². The molecule has 2 aromatic heterocycles. The van der Waals surface area contributed by atoms with Crippen LogP contribution < -0.4 is 19.9 Å². The topological polar surface area (TPSA) is 131 Å². The van der Waals surface area contributed by atoms with E-state index >= 15 is 0 Å². The summed E-state index contributed by atoms with van der Waals surface area (Å²) in [6.45, 7) is 11.0. The summed E-state index contributed by atoms with van der Waals surface area (Å²) >= 11 is 1.41. The molecule has 3 aromatic rings. The summed E-state index contributed by atoms with van der Waals surface area (Å²) < 4.78 is 5.49. The van der Waals surface area contributed by atoms with E-state index in [4.69, 9.17) is 9.72 Å². The van der Waals surface area contributed by atoms with E-state index in [1.54, 1.807) is 46.3 Å². The van der Waals surface area contributed by atoms with Crippen LogP contribution in [0.1, 0.15) is 53.7 Å². The van der Waals surface area contributed by atoms with Crippen LogP contribution in [0.15, 0.2) is 42.6 Å². The largest absolute Gasteiger partial charge is 0.415 e. The number of nitrogens with zero attached hydrogens (tertiary/aromatic N) is 5. The van der Waals surface area contributed by atoms with Crippen molar-refractivity contribution in [1.82, 2.24) is 14.9 Å². The smallest absolute Gasteiger partial charge is 0.410 e. The zero-order valence-electron chi connectivity index (χ0n) is 24.6. The van der Waals surface area contributed by atoms with Crippen molar-refractivity contribution in [3.8, 4) is 5.75 Å². The molecule has 3 heterocycles. The molecular formula is C30H40N6O5S. The lowest BCUT2D eigenvalue weighted by Crippen LogP contribution is -2.38. The molecule has 0 saturated carbocycles. The fourth-order valence-corrected chi connectivity index (χ4v) is 5.67. The Hall–Kier alpha value is -3.74. The number of rotatable bonds is 12. The summed E-state index contributed by atoms with van der Waals surface area (Å²) in [5, 5.41) is 23.9. The number of carbonyl (C=O) groups excluding carboxylic acids is 2. The molecular weight excluding hydrogens is 556 g/mol. The van der Waals surface area contributed by atoms with E-state index in [-0.39, 0.29) is 18.4 Å². The van der Waals surface area contributed by atoms with Gasteiger partial charge in [0.25, 0.3) is 5.91 Å². The number of aromatic nitrogens is 2. The maximum atomic E-state index is 13.5. The molecule has 1 aliphatic heterocycles. The minimum atomic E-state index is -1.73. The number of ether oxygens (including phenoxy) is 1. The van der Waals surface area contributed by atoms with Crippen LogP contribution in [0.2, 0.25) is 0 Å². The Balaban J connectivity index is 1.58. The Bertz CT molecular complexity index is 1340. The average molecular weight is 597 g/mol.